The van der Waals surface area contributed by atoms with Crippen LogP contribution in [0.4, 0.5) is 0 Å². The topological polar surface area (TPSA) is 55.6 Å². The SMILES string of the molecule is CCCOCC(=O)N(CC)CCN. The highest BCUT2D eigenvalue weighted by molar-refractivity contribution is 5.77. The fourth-order valence-corrected chi connectivity index (χ4v) is 1.01. The highest BCUT2D eigenvalue weighted by Gasteiger charge is 2.09. The van der Waals surface area contributed by atoms with Crippen molar-refractivity contribution in [2.24, 2.45) is 5.73 Å². The summed E-state index contributed by atoms with van der Waals surface area (Å²) < 4.78 is 5.14. The van der Waals surface area contributed by atoms with Gasteiger partial charge in [-0.15, -0.1) is 0 Å². The van der Waals surface area contributed by atoms with Crippen LogP contribution in [-0.4, -0.2) is 43.7 Å². The number of carbonyl (C=O) groups excluding carboxylic acids is 1. The van der Waals surface area contributed by atoms with Crippen LogP contribution in [0.5, 0.6) is 0 Å². The number of nitrogens with two attached hydrogens (primary N) is 1. The summed E-state index contributed by atoms with van der Waals surface area (Å²) in [5.41, 5.74) is 5.36. The van der Waals surface area contributed by atoms with E-state index in [4.69, 9.17) is 10.5 Å². The molecule has 2 N–H and O–H groups in total. The van der Waals surface area contributed by atoms with Crippen LogP contribution in [0.1, 0.15) is 20.3 Å². The van der Waals surface area contributed by atoms with Gasteiger partial charge in [0.25, 0.3) is 0 Å². The van der Waals surface area contributed by atoms with Gasteiger partial charge < -0.3 is 15.4 Å². The summed E-state index contributed by atoms with van der Waals surface area (Å²) in [5.74, 6) is 0.0291. The smallest absolute Gasteiger partial charge is 0.248 e. The minimum absolute atomic E-state index is 0.0291. The Kier molecular flexibility index (Phi) is 7.63. The van der Waals surface area contributed by atoms with Crippen LogP contribution < -0.4 is 5.73 Å². The Labute approximate surface area is 80.0 Å². The van der Waals surface area contributed by atoms with E-state index >= 15 is 0 Å². The summed E-state index contributed by atoms with van der Waals surface area (Å²) in [6.45, 7) is 6.60. The molecule has 0 unspecified atom stereocenters. The van der Waals surface area contributed by atoms with Crippen LogP contribution in [0, 0.1) is 0 Å². The molecule has 0 saturated carbocycles. The molecule has 0 fully saturated rings. The first-order chi connectivity index (χ1) is 6.26. The molecular weight excluding hydrogens is 168 g/mol. The average Bonchev–Trinajstić information content (AvgIpc) is 2.14. The number of carbonyl (C=O) groups is 1. The Morgan fingerprint density at radius 3 is 2.62 bits per heavy atom. The summed E-state index contributed by atoms with van der Waals surface area (Å²) in [7, 11) is 0. The predicted molar refractivity (Wildman–Crippen MR) is 52.4 cm³/mol. The summed E-state index contributed by atoms with van der Waals surface area (Å²) in [4.78, 5) is 13.1. The maximum absolute atomic E-state index is 11.4. The molecule has 13 heavy (non-hydrogen) atoms. The molecule has 0 atom stereocenters. The third kappa shape index (κ3) is 5.60. The van der Waals surface area contributed by atoms with E-state index in [9.17, 15) is 4.79 Å². The van der Waals surface area contributed by atoms with Gasteiger partial charge in [0.1, 0.15) is 6.61 Å². The van der Waals surface area contributed by atoms with Crippen LogP contribution in [0.2, 0.25) is 0 Å². The molecule has 0 saturated heterocycles. The molecule has 78 valence electrons. The van der Waals surface area contributed by atoms with E-state index in [-0.39, 0.29) is 12.5 Å². The third-order valence-electron chi connectivity index (χ3n) is 1.71. The quantitative estimate of drug-likeness (QED) is 0.581. The Balaban J connectivity index is 3.64. The second-order valence-electron chi connectivity index (χ2n) is 2.81. The molecule has 0 aliphatic carbocycles. The van der Waals surface area contributed by atoms with Gasteiger partial charge in [-0.05, 0) is 13.3 Å². The zero-order valence-electron chi connectivity index (χ0n) is 8.58. The van der Waals surface area contributed by atoms with Crippen molar-refractivity contribution in [3.05, 3.63) is 0 Å². The largest absolute Gasteiger partial charge is 0.372 e. The lowest BCUT2D eigenvalue weighted by molar-refractivity contribution is -0.135. The van der Waals surface area contributed by atoms with E-state index in [0.717, 1.165) is 6.42 Å². The predicted octanol–water partition coefficient (Wildman–Crippen LogP) is 0.220. The minimum Gasteiger partial charge on any atom is -0.372 e. The number of ether oxygens (including phenoxy) is 1. The Bertz CT molecular complexity index is 140. The fourth-order valence-electron chi connectivity index (χ4n) is 1.01. The molecule has 4 heteroatoms. The van der Waals surface area contributed by atoms with E-state index in [1.165, 1.54) is 0 Å². The maximum Gasteiger partial charge on any atom is 0.248 e. The van der Waals surface area contributed by atoms with Crippen molar-refractivity contribution in [2.75, 3.05) is 32.8 Å². The fraction of sp³-hybridized carbons (Fsp3) is 0.889. The highest BCUT2D eigenvalue weighted by atomic mass is 16.5. The molecule has 0 radical (unpaired) electrons. The van der Waals surface area contributed by atoms with Crippen molar-refractivity contribution < 1.29 is 9.53 Å². The van der Waals surface area contributed by atoms with Gasteiger partial charge in [0.05, 0.1) is 0 Å². The first kappa shape index (κ1) is 12.4. The minimum atomic E-state index is 0.0291. The molecule has 0 aromatic rings. The average molecular weight is 188 g/mol. The number of rotatable bonds is 7. The van der Waals surface area contributed by atoms with Gasteiger partial charge in [0.15, 0.2) is 0 Å². The second-order valence-corrected chi connectivity index (χ2v) is 2.81. The molecule has 0 bridgehead atoms. The van der Waals surface area contributed by atoms with Gasteiger partial charge in [-0.2, -0.15) is 0 Å². The van der Waals surface area contributed by atoms with Crippen LogP contribution in [0.15, 0.2) is 0 Å². The molecule has 0 rings (SSSR count). The van der Waals surface area contributed by atoms with Crippen molar-refractivity contribution in [3.63, 3.8) is 0 Å². The molecule has 0 aromatic heterocycles. The zero-order chi connectivity index (χ0) is 10.1. The number of nitrogens with zero attached hydrogens (tertiary/aromatic N) is 1. The lowest BCUT2D eigenvalue weighted by atomic mass is 10.4. The monoisotopic (exact) mass is 188 g/mol. The number of hydrogen-bond donors (Lipinski definition) is 1. The molecule has 0 aliphatic rings. The van der Waals surface area contributed by atoms with E-state index in [1.807, 2.05) is 13.8 Å². The van der Waals surface area contributed by atoms with E-state index in [0.29, 0.717) is 26.2 Å². The van der Waals surface area contributed by atoms with Crippen molar-refractivity contribution in [3.8, 4) is 0 Å². The summed E-state index contributed by atoms with van der Waals surface area (Å²) >= 11 is 0. The Morgan fingerprint density at radius 1 is 1.46 bits per heavy atom. The number of amides is 1. The Hall–Kier alpha value is -0.610. The van der Waals surface area contributed by atoms with E-state index in [2.05, 4.69) is 0 Å². The molecule has 0 aliphatic heterocycles. The first-order valence-corrected chi connectivity index (χ1v) is 4.81. The van der Waals surface area contributed by atoms with E-state index in [1.54, 1.807) is 4.90 Å². The van der Waals surface area contributed by atoms with Gasteiger partial charge in [-0.1, -0.05) is 6.92 Å². The summed E-state index contributed by atoms with van der Waals surface area (Å²) in [6, 6.07) is 0. The van der Waals surface area contributed by atoms with Crippen molar-refractivity contribution in [2.45, 2.75) is 20.3 Å². The molecule has 0 aromatic carbocycles. The van der Waals surface area contributed by atoms with Crippen LogP contribution in [0.3, 0.4) is 0 Å². The number of likely N-dealkylation sites (N-methyl/N-ethyl adjacent to an activating group) is 1. The zero-order valence-corrected chi connectivity index (χ0v) is 8.58. The van der Waals surface area contributed by atoms with E-state index < -0.39 is 0 Å². The van der Waals surface area contributed by atoms with Gasteiger partial charge >= 0.3 is 0 Å². The first-order valence-electron chi connectivity index (χ1n) is 4.81. The number of hydrogen-bond acceptors (Lipinski definition) is 3. The maximum atomic E-state index is 11.4. The molecule has 0 heterocycles. The van der Waals surface area contributed by atoms with Gasteiger partial charge in [0, 0.05) is 26.2 Å². The van der Waals surface area contributed by atoms with Crippen LogP contribution in [0.25, 0.3) is 0 Å². The molecular formula is C9H20N2O2. The molecule has 0 spiro atoms. The van der Waals surface area contributed by atoms with Crippen molar-refractivity contribution >= 4 is 5.91 Å². The molecule has 1 amide bonds. The second kappa shape index (κ2) is 8.01. The lowest BCUT2D eigenvalue weighted by Crippen LogP contribution is -2.37. The van der Waals surface area contributed by atoms with Gasteiger partial charge in [-0.3, -0.25) is 4.79 Å². The Morgan fingerprint density at radius 2 is 2.15 bits per heavy atom. The van der Waals surface area contributed by atoms with Gasteiger partial charge in [0.2, 0.25) is 5.91 Å². The summed E-state index contributed by atoms with van der Waals surface area (Å²) in [5, 5.41) is 0. The third-order valence-corrected chi connectivity index (χ3v) is 1.71. The summed E-state index contributed by atoms with van der Waals surface area (Å²) in [6.07, 6.45) is 0.941. The lowest BCUT2D eigenvalue weighted by Gasteiger charge is -2.19. The normalized spacial score (nSPS) is 10.1. The standard InChI is InChI=1S/C9H20N2O2/c1-3-7-13-8-9(12)11(4-2)6-5-10/h3-8,10H2,1-2H3. The van der Waals surface area contributed by atoms with Crippen LogP contribution >= 0.6 is 0 Å². The van der Waals surface area contributed by atoms with Crippen LogP contribution in [-0.2, 0) is 9.53 Å². The molecule has 4 nitrogen and oxygen atoms in total. The van der Waals surface area contributed by atoms with Gasteiger partial charge in [-0.25, -0.2) is 0 Å². The van der Waals surface area contributed by atoms with Crippen molar-refractivity contribution in [1.82, 2.24) is 4.90 Å². The highest BCUT2D eigenvalue weighted by Crippen LogP contribution is 1.90. The van der Waals surface area contributed by atoms with Crippen molar-refractivity contribution in [1.29, 1.82) is 0 Å².